The molecule has 100 valence electrons. The number of rotatable bonds is 2. The molecular weight excluding hydrogens is 252 g/mol. The minimum Gasteiger partial charge on any atom is -0.410 e. The highest BCUT2D eigenvalue weighted by Gasteiger charge is 2.51. The van der Waals surface area contributed by atoms with Crippen LogP contribution in [0.2, 0.25) is 0 Å². The molecule has 0 unspecified atom stereocenters. The summed E-state index contributed by atoms with van der Waals surface area (Å²) in [5, 5.41) is 10.5. The first-order chi connectivity index (χ1) is 9.08. The highest BCUT2D eigenvalue weighted by atomic mass is 16.6. The molecule has 1 aromatic carbocycles. The van der Waals surface area contributed by atoms with Crippen LogP contribution in [0.4, 0.5) is 10.5 Å². The molecule has 1 aromatic rings. The first-order valence-electron chi connectivity index (χ1n) is 5.87. The maximum Gasteiger partial charge on any atom is 0.415 e. The van der Waals surface area contributed by atoms with Crippen molar-refractivity contribution < 1.29 is 19.2 Å². The van der Waals surface area contributed by atoms with Crippen molar-refractivity contribution in [2.75, 3.05) is 26.3 Å². The van der Waals surface area contributed by atoms with Gasteiger partial charge in [0.2, 0.25) is 0 Å². The second kappa shape index (κ2) is 4.20. The summed E-state index contributed by atoms with van der Waals surface area (Å²) >= 11 is 0. The number of nitro benzene ring substituents is 1. The summed E-state index contributed by atoms with van der Waals surface area (Å²) in [6.45, 7) is 2.71. The van der Waals surface area contributed by atoms with E-state index in [1.165, 1.54) is 24.3 Å². The van der Waals surface area contributed by atoms with E-state index in [0.717, 1.165) is 0 Å². The molecule has 7 heteroatoms. The van der Waals surface area contributed by atoms with Crippen molar-refractivity contribution in [2.24, 2.45) is 5.41 Å². The molecule has 0 saturated carbocycles. The molecule has 0 aliphatic carbocycles. The Morgan fingerprint density at radius 3 is 2.42 bits per heavy atom. The lowest BCUT2D eigenvalue weighted by Gasteiger charge is -2.54. The number of likely N-dealkylation sites (tertiary alicyclic amines) is 1. The molecular formula is C12H12N2O5. The van der Waals surface area contributed by atoms with Crippen LogP contribution in [0.1, 0.15) is 0 Å². The molecule has 3 rings (SSSR count). The summed E-state index contributed by atoms with van der Waals surface area (Å²) in [5.74, 6) is 0.307. The molecule has 0 atom stereocenters. The van der Waals surface area contributed by atoms with Crippen molar-refractivity contribution in [1.29, 1.82) is 0 Å². The zero-order valence-electron chi connectivity index (χ0n) is 10.1. The molecule has 1 amide bonds. The van der Waals surface area contributed by atoms with Gasteiger partial charge in [-0.25, -0.2) is 4.79 Å². The fourth-order valence-corrected chi connectivity index (χ4v) is 2.27. The average molecular weight is 264 g/mol. The minimum atomic E-state index is -0.499. The Bertz CT molecular complexity index is 515. The summed E-state index contributed by atoms with van der Waals surface area (Å²) in [6.07, 6.45) is -0.425. The Morgan fingerprint density at radius 2 is 1.95 bits per heavy atom. The van der Waals surface area contributed by atoms with Gasteiger partial charge in [-0.2, -0.15) is 0 Å². The molecule has 7 nitrogen and oxygen atoms in total. The lowest BCUT2D eigenvalue weighted by atomic mass is 9.78. The number of non-ortho nitro benzene ring substituents is 1. The summed E-state index contributed by atoms with van der Waals surface area (Å²) in [6, 6.07) is 5.44. The van der Waals surface area contributed by atoms with Gasteiger partial charge in [0, 0.05) is 25.2 Å². The predicted molar refractivity (Wildman–Crippen MR) is 63.9 cm³/mol. The number of carbonyl (C=O) groups is 1. The number of carbonyl (C=O) groups excluding carboxylic acids is 1. The molecule has 0 N–H and O–H groups in total. The minimum absolute atomic E-state index is 0.0330. The highest BCUT2D eigenvalue weighted by molar-refractivity contribution is 5.72. The Kier molecular flexibility index (Phi) is 2.63. The van der Waals surface area contributed by atoms with E-state index in [0.29, 0.717) is 32.1 Å². The monoisotopic (exact) mass is 264 g/mol. The van der Waals surface area contributed by atoms with E-state index in [2.05, 4.69) is 0 Å². The normalized spacial score (nSPS) is 19.5. The van der Waals surface area contributed by atoms with Gasteiger partial charge in [-0.3, -0.25) is 10.1 Å². The van der Waals surface area contributed by atoms with Gasteiger partial charge in [-0.15, -0.1) is 0 Å². The first kappa shape index (κ1) is 11.9. The summed E-state index contributed by atoms with van der Waals surface area (Å²) in [4.78, 5) is 23.4. The van der Waals surface area contributed by atoms with E-state index in [1.54, 1.807) is 4.90 Å². The van der Waals surface area contributed by atoms with Crippen LogP contribution in [-0.2, 0) is 4.74 Å². The lowest BCUT2D eigenvalue weighted by molar-refractivity contribution is -0.384. The van der Waals surface area contributed by atoms with Crippen LogP contribution in [0.5, 0.6) is 5.75 Å². The highest BCUT2D eigenvalue weighted by Crippen LogP contribution is 2.37. The number of nitro groups is 1. The molecule has 1 spiro atoms. The van der Waals surface area contributed by atoms with Crippen LogP contribution in [0.15, 0.2) is 24.3 Å². The van der Waals surface area contributed by atoms with Gasteiger partial charge in [0.25, 0.3) is 5.69 Å². The molecule has 2 saturated heterocycles. The quantitative estimate of drug-likeness (QED) is 0.596. The molecule has 2 fully saturated rings. The van der Waals surface area contributed by atoms with Gasteiger partial charge in [0.05, 0.1) is 23.6 Å². The fraction of sp³-hybridized carbons (Fsp3) is 0.417. The maximum absolute atomic E-state index is 11.8. The second-order valence-corrected chi connectivity index (χ2v) is 4.97. The molecule has 0 bridgehead atoms. The van der Waals surface area contributed by atoms with Crippen molar-refractivity contribution in [3.63, 3.8) is 0 Å². The fourth-order valence-electron chi connectivity index (χ4n) is 2.27. The van der Waals surface area contributed by atoms with E-state index in [-0.39, 0.29) is 11.1 Å². The smallest absolute Gasteiger partial charge is 0.410 e. The van der Waals surface area contributed by atoms with Crippen LogP contribution in [-0.4, -0.2) is 42.2 Å². The van der Waals surface area contributed by atoms with Gasteiger partial charge in [-0.1, -0.05) is 0 Å². The van der Waals surface area contributed by atoms with Gasteiger partial charge < -0.3 is 14.4 Å². The van der Waals surface area contributed by atoms with Gasteiger partial charge in [0.1, 0.15) is 5.75 Å². The van der Waals surface area contributed by atoms with Gasteiger partial charge >= 0.3 is 6.09 Å². The Balaban J connectivity index is 1.56. The van der Waals surface area contributed by atoms with Crippen LogP contribution in [0.3, 0.4) is 0 Å². The Morgan fingerprint density at radius 1 is 1.32 bits per heavy atom. The zero-order chi connectivity index (χ0) is 13.5. The molecule has 19 heavy (non-hydrogen) atoms. The molecule has 2 aliphatic heterocycles. The van der Waals surface area contributed by atoms with Crippen molar-refractivity contribution in [1.82, 2.24) is 4.90 Å². The maximum atomic E-state index is 11.8. The van der Waals surface area contributed by atoms with E-state index >= 15 is 0 Å². The third-order valence-corrected chi connectivity index (χ3v) is 3.38. The van der Waals surface area contributed by atoms with E-state index in [9.17, 15) is 14.9 Å². The standard InChI is InChI=1S/C12H12N2O5/c15-11(13-5-12(6-13)7-18-8-12)19-10-3-1-9(2-4-10)14(16)17/h1-4H,5-8H2. The predicted octanol–water partition coefficient (Wildman–Crippen LogP) is 1.43. The van der Waals surface area contributed by atoms with Crippen LogP contribution >= 0.6 is 0 Å². The third kappa shape index (κ3) is 2.12. The number of nitrogens with zero attached hydrogens (tertiary/aromatic N) is 2. The molecule has 0 aromatic heterocycles. The number of benzene rings is 1. The molecule has 2 aliphatic rings. The summed E-state index contributed by atoms with van der Waals surface area (Å²) in [7, 11) is 0. The topological polar surface area (TPSA) is 81.9 Å². The molecule has 0 radical (unpaired) electrons. The number of ether oxygens (including phenoxy) is 2. The Labute approximate surface area is 108 Å². The van der Waals surface area contributed by atoms with E-state index in [4.69, 9.17) is 9.47 Å². The van der Waals surface area contributed by atoms with Gasteiger partial charge in [-0.05, 0) is 12.1 Å². The van der Waals surface area contributed by atoms with E-state index in [1.807, 2.05) is 0 Å². The average Bonchev–Trinajstić information content (AvgIpc) is 2.25. The van der Waals surface area contributed by atoms with Crippen LogP contribution in [0.25, 0.3) is 0 Å². The van der Waals surface area contributed by atoms with Crippen molar-refractivity contribution in [3.8, 4) is 5.75 Å². The third-order valence-electron chi connectivity index (χ3n) is 3.38. The van der Waals surface area contributed by atoms with Crippen molar-refractivity contribution >= 4 is 11.8 Å². The second-order valence-electron chi connectivity index (χ2n) is 4.97. The molecule has 2 heterocycles. The number of hydrogen-bond acceptors (Lipinski definition) is 5. The van der Waals surface area contributed by atoms with Crippen LogP contribution < -0.4 is 4.74 Å². The zero-order valence-corrected chi connectivity index (χ0v) is 10.1. The Hall–Kier alpha value is -2.15. The van der Waals surface area contributed by atoms with E-state index < -0.39 is 11.0 Å². The summed E-state index contributed by atoms with van der Waals surface area (Å²) < 4.78 is 10.3. The van der Waals surface area contributed by atoms with Gasteiger partial charge in [0.15, 0.2) is 0 Å². The first-order valence-corrected chi connectivity index (χ1v) is 5.87. The van der Waals surface area contributed by atoms with Crippen LogP contribution in [0, 0.1) is 15.5 Å². The lowest BCUT2D eigenvalue weighted by Crippen LogP contribution is -2.67. The number of hydrogen-bond donors (Lipinski definition) is 0. The summed E-state index contributed by atoms with van der Waals surface area (Å²) in [5.41, 5.74) is 0.114. The SMILES string of the molecule is O=C(Oc1ccc([N+](=O)[O-])cc1)N1CC2(COC2)C1. The van der Waals surface area contributed by atoms with Crippen molar-refractivity contribution in [2.45, 2.75) is 0 Å². The largest absolute Gasteiger partial charge is 0.415 e. The van der Waals surface area contributed by atoms with Crippen molar-refractivity contribution in [3.05, 3.63) is 34.4 Å². The number of amides is 1.